The summed E-state index contributed by atoms with van der Waals surface area (Å²) in [6.07, 6.45) is 5.37. The van der Waals surface area contributed by atoms with Gasteiger partial charge in [0, 0.05) is 36.3 Å². The molecule has 4 N–H and O–H groups in total. The first kappa shape index (κ1) is 13.9. The number of hydrogen-bond acceptors (Lipinski definition) is 5. The molecule has 0 amide bonds. The van der Waals surface area contributed by atoms with Crippen molar-refractivity contribution in [3.8, 4) is 28.0 Å². The summed E-state index contributed by atoms with van der Waals surface area (Å²) in [5.41, 5.74) is 15.9. The Kier molecular flexibility index (Phi) is 3.42. The molecular weight excluding hydrogens is 278 g/mol. The lowest BCUT2D eigenvalue weighted by Gasteiger charge is -2.14. The van der Waals surface area contributed by atoms with Crippen molar-refractivity contribution in [1.82, 2.24) is 14.8 Å². The zero-order valence-corrected chi connectivity index (χ0v) is 12.4. The third-order valence-corrected chi connectivity index (χ3v) is 3.48. The molecule has 0 fully saturated rings. The lowest BCUT2D eigenvalue weighted by Crippen LogP contribution is -2.00. The van der Waals surface area contributed by atoms with Crippen LogP contribution in [0.25, 0.3) is 22.3 Å². The maximum absolute atomic E-state index is 6.08. The second kappa shape index (κ2) is 5.40. The molecule has 3 aromatic rings. The number of nitrogens with two attached hydrogens (primary N) is 2. The molecule has 22 heavy (non-hydrogen) atoms. The summed E-state index contributed by atoms with van der Waals surface area (Å²) in [6, 6.07) is 7.45. The van der Waals surface area contributed by atoms with Gasteiger partial charge in [-0.3, -0.25) is 4.68 Å². The van der Waals surface area contributed by atoms with Crippen molar-refractivity contribution in [2.45, 2.75) is 0 Å². The Hall–Kier alpha value is -3.02. The van der Waals surface area contributed by atoms with Crippen LogP contribution in [0, 0.1) is 0 Å². The molecule has 0 bridgehead atoms. The van der Waals surface area contributed by atoms with E-state index in [0.717, 1.165) is 22.3 Å². The molecule has 0 spiro atoms. The van der Waals surface area contributed by atoms with E-state index in [1.165, 1.54) is 0 Å². The fourth-order valence-corrected chi connectivity index (χ4v) is 2.41. The number of rotatable bonds is 3. The summed E-state index contributed by atoms with van der Waals surface area (Å²) in [4.78, 5) is 4.30. The summed E-state index contributed by atoms with van der Waals surface area (Å²) in [7, 11) is 3.48. The predicted octanol–water partition coefficient (Wildman–Crippen LogP) is 2.32. The summed E-state index contributed by atoms with van der Waals surface area (Å²) < 4.78 is 7.35. The van der Waals surface area contributed by atoms with E-state index >= 15 is 0 Å². The topological polar surface area (TPSA) is 92.0 Å². The normalized spacial score (nSPS) is 10.6. The zero-order valence-electron chi connectivity index (χ0n) is 12.4. The molecule has 0 aliphatic rings. The largest absolute Gasteiger partial charge is 0.495 e. The first-order valence-electron chi connectivity index (χ1n) is 6.77. The van der Waals surface area contributed by atoms with Gasteiger partial charge in [-0.25, -0.2) is 4.98 Å². The third kappa shape index (κ3) is 2.35. The van der Waals surface area contributed by atoms with Gasteiger partial charge in [0.15, 0.2) is 0 Å². The van der Waals surface area contributed by atoms with Gasteiger partial charge >= 0.3 is 0 Å². The van der Waals surface area contributed by atoms with Gasteiger partial charge in [-0.1, -0.05) is 12.1 Å². The van der Waals surface area contributed by atoms with Gasteiger partial charge in [0.2, 0.25) is 0 Å². The van der Waals surface area contributed by atoms with E-state index in [2.05, 4.69) is 10.1 Å². The molecule has 0 aliphatic heterocycles. The van der Waals surface area contributed by atoms with Gasteiger partial charge in [0.25, 0.3) is 0 Å². The molecule has 0 saturated carbocycles. The number of nitrogens with zero attached hydrogens (tertiary/aromatic N) is 3. The zero-order chi connectivity index (χ0) is 15.7. The van der Waals surface area contributed by atoms with Crippen LogP contribution in [0.15, 0.2) is 42.9 Å². The Morgan fingerprint density at radius 1 is 1.05 bits per heavy atom. The van der Waals surface area contributed by atoms with E-state index in [4.69, 9.17) is 16.2 Å². The minimum atomic E-state index is 0.411. The highest BCUT2D eigenvalue weighted by atomic mass is 16.5. The molecule has 2 aromatic heterocycles. The predicted molar refractivity (Wildman–Crippen MR) is 87.3 cm³/mol. The number of pyridine rings is 1. The Labute approximate surface area is 128 Å². The first-order chi connectivity index (χ1) is 10.6. The van der Waals surface area contributed by atoms with Crippen molar-refractivity contribution < 1.29 is 4.74 Å². The van der Waals surface area contributed by atoms with Crippen molar-refractivity contribution >= 4 is 11.5 Å². The number of benzene rings is 1. The van der Waals surface area contributed by atoms with Crippen LogP contribution in [0.4, 0.5) is 11.5 Å². The second-order valence-electron chi connectivity index (χ2n) is 4.99. The Morgan fingerprint density at radius 2 is 1.77 bits per heavy atom. The van der Waals surface area contributed by atoms with E-state index in [0.29, 0.717) is 17.3 Å². The minimum absolute atomic E-state index is 0.411. The number of hydrogen-bond donors (Lipinski definition) is 2. The summed E-state index contributed by atoms with van der Waals surface area (Å²) in [6.45, 7) is 0. The highest BCUT2D eigenvalue weighted by Gasteiger charge is 2.17. The van der Waals surface area contributed by atoms with Crippen LogP contribution in [-0.4, -0.2) is 21.9 Å². The van der Waals surface area contributed by atoms with Gasteiger partial charge < -0.3 is 16.2 Å². The van der Waals surface area contributed by atoms with E-state index in [1.807, 2.05) is 37.5 Å². The van der Waals surface area contributed by atoms with E-state index in [1.54, 1.807) is 24.2 Å². The van der Waals surface area contributed by atoms with Gasteiger partial charge in [-0.2, -0.15) is 5.10 Å². The maximum Gasteiger partial charge on any atom is 0.139 e. The number of methoxy groups -OCH3 is 1. The first-order valence-corrected chi connectivity index (χ1v) is 6.77. The van der Waals surface area contributed by atoms with E-state index in [-0.39, 0.29) is 0 Å². The average Bonchev–Trinajstić information content (AvgIpc) is 2.94. The smallest absolute Gasteiger partial charge is 0.139 e. The van der Waals surface area contributed by atoms with Gasteiger partial charge in [0.05, 0.1) is 18.9 Å². The standard InChI is InChI=1S/C16H17N5O/c1-21-9-11(7-20-21)13-8-19-16(18)14(15(13)22-2)10-3-5-12(17)6-4-10/h3-9H,17H2,1-2H3,(H2,18,19). The van der Waals surface area contributed by atoms with Crippen LogP contribution in [0.3, 0.4) is 0 Å². The highest BCUT2D eigenvalue weighted by Crippen LogP contribution is 2.41. The van der Waals surface area contributed by atoms with Crippen LogP contribution in [0.2, 0.25) is 0 Å². The number of aryl methyl sites for hydroxylation is 1. The molecule has 0 atom stereocenters. The fraction of sp³-hybridized carbons (Fsp3) is 0.125. The third-order valence-electron chi connectivity index (χ3n) is 3.48. The van der Waals surface area contributed by atoms with Crippen LogP contribution < -0.4 is 16.2 Å². The van der Waals surface area contributed by atoms with Gasteiger partial charge in [-0.15, -0.1) is 0 Å². The highest BCUT2D eigenvalue weighted by molar-refractivity contribution is 5.87. The van der Waals surface area contributed by atoms with E-state index in [9.17, 15) is 0 Å². The molecule has 0 aliphatic carbocycles. The molecular formula is C16H17N5O. The van der Waals surface area contributed by atoms with Crippen LogP contribution in [0.5, 0.6) is 5.75 Å². The van der Waals surface area contributed by atoms with Crippen LogP contribution in [0.1, 0.15) is 0 Å². The molecule has 2 heterocycles. The average molecular weight is 295 g/mol. The molecule has 6 nitrogen and oxygen atoms in total. The fourth-order valence-electron chi connectivity index (χ4n) is 2.41. The molecule has 0 saturated heterocycles. The quantitative estimate of drug-likeness (QED) is 0.723. The summed E-state index contributed by atoms with van der Waals surface area (Å²) >= 11 is 0. The molecule has 1 aromatic carbocycles. The van der Waals surface area contributed by atoms with Crippen molar-refractivity contribution in [3.05, 3.63) is 42.9 Å². The van der Waals surface area contributed by atoms with Gasteiger partial charge in [-0.05, 0) is 17.7 Å². The Morgan fingerprint density at radius 3 is 2.36 bits per heavy atom. The van der Waals surface area contributed by atoms with Crippen molar-refractivity contribution in [1.29, 1.82) is 0 Å². The number of ether oxygens (including phenoxy) is 1. The number of aromatic nitrogens is 3. The van der Waals surface area contributed by atoms with Crippen molar-refractivity contribution in [3.63, 3.8) is 0 Å². The lowest BCUT2D eigenvalue weighted by atomic mass is 10.0. The maximum atomic E-state index is 6.08. The van der Waals surface area contributed by atoms with Crippen molar-refractivity contribution in [2.75, 3.05) is 18.6 Å². The minimum Gasteiger partial charge on any atom is -0.495 e. The summed E-state index contributed by atoms with van der Waals surface area (Å²) in [5.74, 6) is 1.08. The van der Waals surface area contributed by atoms with Crippen LogP contribution >= 0.6 is 0 Å². The molecule has 3 rings (SSSR count). The van der Waals surface area contributed by atoms with Crippen LogP contribution in [-0.2, 0) is 7.05 Å². The molecule has 6 heteroatoms. The SMILES string of the molecule is COc1c(-c2cnn(C)c2)cnc(N)c1-c1ccc(N)cc1. The number of anilines is 2. The lowest BCUT2D eigenvalue weighted by molar-refractivity contribution is 0.418. The molecule has 112 valence electrons. The van der Waals surface area contributed by atoms with E-state index < -0.39 is 0 Å². The molecule has 0 radical (unpaired) electrons. The Balaban J connectivity index is 2.23. The molecule has 0 unspecified atom stereocenters. The Bertz CT molecular complexity index is 808. The monoisotopic (exact) mass is 295 g/mol. The second-order valence-corrected chi connectivity index (χ2v) is 4.99. The van der Waals surface area contributed by atoms with Gasteiger partial charge in [0.1, 0.15) is 11.6 Å². The van der Waals surface area contributed by atoms with Crippen molar-refractivity contribution in [2.24, 2.45) is 7.05 Å². The summed E-state index contributed by atoms with van der Waals surface area (Å²) in [5, 5.41) is 4.19. The number of nitrogen functional groups attached to an aromatic ring is 2.